The molecule has 0 aliphatic heterocycles. The van der Waals surface area contributed by atoms with Crippen LogP contribution in [-0.4, -0.2) is 23.5 Å². The molecule has 23 heavy (non-hydrogen) atoms. The number of hydrogen-bond acceptors (Lipinski definition) is 4. The summed E-state index contributed by atoms with van der Waals surface area (Å²) in [6, 6.07) is 7.08. The smallest absolute Gasteiger partial charge is 0.355 e. The van der Waals surface area contributed by atoms with E-state index < -0.39 is 11.9 Å². The minimum Gasteiger partial charge on any atom is -0.462 e. The Kier molecular flexibility index (Phi) is 5.45. The van der Waals surface area contributed by atoms with Crippen LogP contribution >= 0.6 is 11.6 Å². The molecular weight excluding hydrogens is 318 g/mol. The van der Waals surface area contributed by atoms with E-state index in [0.717, 1.165) is 5.56 Å². The van der Waals surface area contributed by atoms with Crippen molar-refractivity contribution in [1.82, 2.24) is 4.98 Å². The number of esters is 2. The molecule has 0 unspecified atom stereocenters. The zero-order chi connectivity index (χ0) is 17.0. The van der Waals surface area contributed by atoms with Crippen molar-refractivity contribution in [2.24, 2.45) is 0 Å². The number of carbonyl (C=O) groups is 2. The van der Waals surface area contributed by atoms with E-state index in [2.05, 4.69) is 4.98 Å². The van der Waals surface area contributed by atoms with Crippen molar-refractivity contribution < 1.29 is 19.1 Å². The quantitative estimate of drug-likeness (QED) is 0.843. The minimum absolute atomic E-state index is 0.103. The van der Waals surface area contributed by atoms with Crippen LogP contribution in [0.4, 0.5) is 0 Å². The van der Waals surface area contributed by atoms with E-state index >= 15 is 0 Å². The van der Waals surface area contributed by atoms with Crippen molar-refractivity contribution in [2.45, 2.75) is 27.4 Å². The molecule has 0 saturated carbocycles. The molecule has 1 aromatic heterocycles. The zero-order valence-corrected chi connectivity index (χ0v) is 14.0. The summed E-state index contributed by atoms with van der Waals surface area (Å²) >= 11 is 5.89. The van der Waals surface area contributed by atoms with E-state index in [1.54, 1.807) is 39.0 Å². The summed E-state index contributed by atoms with van der Waals surface area (Å²) in [5.41, 5.74) is 2.53. The molecule has 1 aromatic carbocycles. The lowest BCUT2D eigenvalue weighted by Crippen LogP contribution is -2.09. The lowest BCUT2D eigenvalue weighted by molar-refractivity contribution is 0.0465. The Bertz CT molecular complexity index is 736. The Morgan fingerprint density at radius 2 is 1.91 bits per heavy atom. The maximum Gasteiger partial charge on any atom is 0.355 e. The van der Waals surface area contributed by atoms with Gasteiger partial charge < -0.3 is 14.5 Å². The molecule has 1 heterocycles. The number of benzene rings is 1. The molecule has 0 spiro atoms. The molecule has 0 amide bonds. The summed E-state index contributed by atoms with van der Waals surface area (Å²) in [6.45, 7) is 5.51. The van der Waals surface area contributed by atoms with Gasteiger partial charge in [0.25, 0.3) is 0 Å². The van der Waals surface area contributed by atoms with Gasteiger partial charge in [-0.2, -0.15) is 0 Å². The molecular formula is C17H18ClNO4. The summed E-state index contributed by atoms with van der Waals surface area (Å²) in [5, 5.41) is 0.579. The van der Waals surface area contributed by atoms with Crippen LogP contribution in [-0.2, 0) is 16.1 Å². The van der Waals surface area contributed by atoms with E-state index in [9.17, 15) is 9.59 Å². The molecule has 0 aliphatic carbocycles. The van der Waals surface area contributed by atoms with E-state index in [-0.39, 0.29) is 18.9 Å². The van der Waals surface area contributed by atoms with Crippen molar-refractivity contribution in [3.05, 3.63) is 57.4 Å². The molecule has 1 N–H and O–H groups in total. The molecule has 0 radical (unpaired) electrons. The molecule has 2 rings (SSSR count). The number of nitrogens with one attached hydrogen (secondary N) is 1. The normalized spacial score (nSPS) is 10.4. The van der Waals surface area contributed by atoms with Gasteiger partial charge in [-0.3, -0.25) is 0 Å². The fourth-order valence-electron chi connectivity index (χ4n) is 2.31. The monoisotopic (exact) mass is 335 g/mol. The van der Waals surface area contributed by atoms with Crippen LogP contribution in [0.5, 0.6) is 0 Å². The van der Waals surface area contributed by atoms with Crippen LogP contribution < -0.4 is 0 Å². The van der Waals surface area contributed by atoms with Crippen LogP contribution in [0.1, 0.15) is 44.6 Å². The van der Waals surface area contributed by atoms with E-state index in [0.29, 0.717) is 21.8 Å². The number of aromatic nitrogens is 1. The van der Waals surface area contributed by atoms with Crippen molar-refractivity contribution in [2.75, 3.05) is 6.61 Å². The second-order valence-corrected chi connectivity index (χ2v) is 5.49. The van der Waals surface area contributed by atoms with Gasteiger partial charge in [-0.25, -0.2) is 9.59 Å². The number of halogens is 1. The van der Waals surface area contributed by atoms with E-state index in [1.165, 1.54) is 0 Å². The summed E-state index contributed by atoms with van der Waals surface area (Å²) in [5.74, 6) is -0.978. The van der Waals surface area contributed by atoms with Crippen molar-refractivity contribution >= 4 is 23.5 Å². The number of hydrogen-bond donors (Lipinski definition) is 1. The largest absolute Gasteiger partial charge is 0.462 e. The van der Waals surface area contributed by atoms with Gasteiger partial charge in [0.05, 0.1) is 12.2 Å². The molecule has 0 bridgehead atoms. The highest BCUT2D eigenvalue weighted by Gasteiger charge is 2.23. The van der Waals surface area contributed by atoms with Crippen LogP contribution in [0.25, 0.3) is 0 Å². The minimum atomic E-state index is -0.527. The number of H-pyrrole nitrogens is 1. The van der Waals surface area contributed by atoms with E-state index in [4.69, 9.17) is 21.1 Å². The van der Waals surface area contributed by atoms with Gasteiger partial charge in [0.1, 0.15) is 12.3 Å². The third kappa shape index (κ3) is 3.93. The lowest BCUT2D eigenvalue weighted by atomic mass is 10.1. The summed E-state index contributed by atoms with van der Waals surface area (Å²) in [4.78, 5) is 27.1. The Morgan fingerprint density at radius 1 is 1.17 bits per heavy atom. The first kappa shape index (κ1) is 17.1. The zero-order valence-electron chi connectivity index (χ0n) is 13.2. The van der Waals surface area contributed by atoms with Crippen molar-refractivity contribution in [1.29, 1.82) is 0 Å². The Morgan fingerprint density at radius 3 is 2.57 bits per heavy atom. The van der Waals surface area contributed by atoms with Gasteiger partial charge in [-0.05, 0) is 44.0 Å². The van der Waals surface area contributed by atoms with Crippen molar-refractivity contribution in [3.63, 3.8) is 0 Å². The first-order chi connectivity index (χ1) is 10.9. The summed E-state index contributed by atoms with van der Waals surface area (Å²) in [6.07, 6.45) is 0. The SMILES string of the molecule is CCOC(=O)c1c(C)[nH]c(C(=O)OCc2cccc(Cl)c2)c1C. The second-order valence-electron chi connectivity index (χ2n) is 5.05. The highest BCUT2D eigenvalue weighted by molar-refractivity contribution is 6.30. The standard InChI is InChI=1S/C17H18ClNO4/c1-4-22-16(20)14-10(2)15(19-11(14)3)17(21)23-9-12-6-5-7-13(18)8-12/h5-8,19H,4,9H2,1-3H3. The number of ether oxygens (including phenoxy) is 2. The van der Waals surface area contributed by atoms with Gasteiger partial charge in [-0.15, -0.1) is 0 Å². The number of aryl methyl sites for hydroxylation is 1. The Balaban J connectivity index is 2.14. The molecule has 0 atom stereocenters. The summed E-state index contributed by atoms with van der Waals surface area (Å²) < 4.78 is 10.3. The van der Waals surface area contributed by atoms with E-state index in [1.807, 2.05) is 6.07 Å². The van der Waals surface area contributed by atoms with Crippen molar-refractivity contribution in [3.8, 4) is 0 Å². The maximum atomic E-state index is 12.2. The topological polar surface area (TPSA) is 68.4 Å². The Labute approximate surface area is 139 Å². The fraction of sp³-hybridized carbons (Fsp3) is 0.294. The van der Waals surface area contributed by atoms with Gasteiger partial charge in [0.15, 0.2) is 0 Å². The van der Waals surface area contributed by atoms with Crippen LogP contribution in [0.15, 0.2) is 24.3 Å². The summed E-state index contributed by atoms with van der Waals surface area (Å²) in [7, 11) is 0. The average Bonchev–Trinajstić information content (AvgIpc) is 2.80. The molecule has 2 aromatic rings. The number of carbonyl (C=O) groups excluding carboxylic acids is 2. The molecule has 0 saturated heterocycles. The number of rotatable bonds is 5. The highest BCUT2D eigenvalue weighted by atomic mass is 35.5. The number of aromatic amines is 1. The second kappa shape index (κ2) is 7.33. The molecule has 6 heteroatoms. The average molecular weight is 336 g/mol. The lowest BCUT2D eigenvalue weighted by Gasteiger charge is -2.05. The van der Waals surface area contributed by atoms with Crippen LogP contribution in [0.3, 0.4) is 0 Å². The first-order valence-electron chi connectivity index (χ1n) is 7.21. The molecule has 122 valence electrons. The Hall–Kier alpha value is -2.27. The van der Waals surface area contributed by atoms with Gasteiger partial charge >= 0.3 is 11.9 Å². The predicted molar refractivity (Wildman–Crippen MR) is 86.8 cm³/mol. The molecule has 0 aliphatic rings. The van der Waals surface area contributed by atoms with Gasteiger partial charge in [0, 0.05) is 10.7 Å². The maximum absolute atomic E-state index is 12.2. The molecule has 5 nitrogen and oxygen atoms in total. The third-order valence-electron chi connectivity index (χ3n) is 3.38. The first-order valence-corrected chi connectivity index (χ1v) is 7.59. The fourth-order valence-corrected chi connectivity index (χ4v) is 2.52. The third-order valence-corrected chi connectivity index (χ3v) is 3.62. The molecule has 0 fully saturated rings. The highest BCUT2D eigenvalue weighted by Crippen LogP contribution is 2.20. The van der Waals surface area contributed by atoms with Gasteiger partial charge in [-0.1, -0.05) is 23.7 Å². The predicted octanol–water partition coefficient (Wildman–Crippen LogP) is 3.82. The van der Waals surface area contributed by atoms with Crippen LogP contribution in [0.2, 0.25) is 5.02 Å². The van der Waals surface area contributed by atoms with Gasteiger partial charge in [0.2, 0.25) is 0 Å². The van der Waals surface area contributed by atoms with Crippen LogP contribution in [0, 0.1) is 13.8 Å².